The second-order valence-electron chi connectivity index (χ2n) is 3.09. The van der Waals surface area contributed by atoms with Crippen molar-refractivity contribution in [2.24, 2.45) is 0 Å². The molecule has 0 atom stereocenters. The number of nitrogens with zero attached hydrogens (tertiary/aromatic N) is 1. The second kappa shape index (κ2) is 2.66. The third kappa shape index (κ3) is 1.43. The van der Waals surface area contributed by atoms with Crippen molar-refractivity contribution in [1.82, 2.24) is 9.97 Å². The van der Waals surface area contributed by atoms with Crippen LogP contribution < -0.4 is 0 Å². The lowest BCUT2D eigenvalue weighted by molar-refractivity contribution is 0.0153. The van der Waals surface area contributed by atoms with E-state index in [-0.39, 0.29) is 5.60 Å². The van der Waals surface area contributed by atoms with Gasteiger partial charge in [-0.2, -0.15) is 0 Å². The van der Waals surface area contributed by atoms with Crippen LogP contribution in [0.2, 0.25) is 0 Å². The summed E-state index contributed by atoms with van der Waals surface area (Å²) in [6, 6.07) is 0. The second-order valence-corrected chi connectivity index (χ2v) is 3.09. The number of rotatable bonds is 2. The van der Waals surface area contributed by atoms with Gasteiger partial charge in [-0.15, -0.1) is 0 Å². The first-order valence-electron chi connectivity index (χ1n) is 3.63. The lowest BCUT2D eigenvalue weighted by Crippen LogP contribution is -2.21. The van der Waals surface area contributed by atoms with Crippen molar-refractivity contribution in [1.29, 1.82) is 0 Å². The highest BCUT2D eigenvalue weighted by Gasteiger charge is 2.23. The van der Waals surface area contributed by atoms with Crippen molar-refractivity contribution in [2.45, 2.75) is 26.4 Å². The fourth-order valence-electron chi connectivity index (χ4n) is 1.06. The summed E-state index contributed by atoms with van der Waals surface area (Å²) in [5.41, 5.74) is 1.75. The molecule has 1 N–H and O–H groups in total. The van der Waals surface area contributed by atoms with E-state index >= 15 is 0 Å². The van der Waals surface area contributed by atoms with Gasteiger partial charge in [0.1, 0.15) is 5.60 Å². The Morgan fingerprint density at radius 3 is 2.55 bits per heavy atom. The van der Waals surface area contributed by atoms with Gasteiger partial charge in [0.25, 0.3) is 0 Å². The molecule has 0 aliphatic rings. The molecule has 1 aromatic rings. The number of ether oxygens (including phenoxy) is 1. The van der Waals surface area contributed by atoms with E-state index in [1.807, 2.05) is 20.8 Å². The predicted octanol–water partition coefficient (Wildman–Crippen LogP) is 1.60. The zero-order valence-electron chi connectivity index (χ0n) is 7.43. The quantitative estimate of drug-likeness (QED) is 0.702. The van der Waals surface area contributed by atoms with Crippen molar-refractivity contribution in [3.63, 3.8) is 0 Å². The summed E-state index contributed by atoms with van der Waals surface area (Å²) in [6.45, 7) is 5.98. The molecule has 0 spiro atoms. The average Bonchev–Trinajstić information content (AvgIpc) is 2.36. The number of nitrogens with one attached hydrogen (secondary N) is 1. The van der Waals surface area contributed by atoms with Crippen LogP contribution in [0.3, 0.4) is 0 Å². The summed E-state index contributed by atoms with van der Waals surface area (Å²) < 4.78 is 5.28. The molecule has 0 bridgehead atoms. The smallest absolute Gasteiger partial charge is 0.106 e. The van der Waals surface area contributed by atoms with Gasteiger partial charge >= 0.3 is 0 Å². The molecular weight excluding hydrogens is 140 g/mol. The van der Waals surface area contributed by atoms with E-state index in [0.717, 1.165) is 11.4 Å². The van der Waals surface area contributed by atoms with Crippen molar-refractivity contribution in [3.8, 4) is 0 Å². The average molecular weight is 154 g/mol. The Morgan fingerprint density at radius 2 is 2.18 bits per heavy atom. The van der Waals surface area contributed by atoms with E-state index in [4.69, 9.17) is 4.74 Å². The predicted molar refractivity (Wildman–Crippen MR) is 43.4 cm³/mol. The zero-order valence-corrected chi connectivity index (χ0v) is 7.43. The SMILES string of the molecule is COC(C)(C)c1nc[nH]c1C. The maximum Gasteiger partial charge on any atom is 0.106 e. The first-order chi connectivity index (χ1) is 5.08. The number of imidazole rings is 1. The molecular formula is C8H14N2O. The number of methoxy groups -OCH3 is 1. The summed E-state index contributed by atoms with van der Waals surface area (Å²) in [5.74, 6) is 0. The van der Waals surface area contributed by atoms with E-state index in [0.29, 0.717) is 0 Å². The molecule has 0 aliphatic carbocycles. The number of aromatic amines is 1. The summed E-state index contributed by atoms with van der Waals surface area (Å²) in [7, 11) is 1.69. The molecule has 0 radical (unpaired) electrons. The Bertz CT molecular complexity index is 240. The summed E-state index contributed by atoms with van der Waals surface area (Å²) in [4.78, 5) is 7.20. The summed E-state index contributed by atoms with van der Waals surface area (Å²) >= 11 is 0. The third-order valence-electron chi connectivity index (χ3n) is 1.91. The standard InChI is InChI=1S/C8H14N2O/c1-6-7(10-5-9-6)8(2,3)11-4/h5H,1-4H3,(H,9,10). The molecule has 0 fully saturated rings. The Kier molecular flexibility index (Phi) is 2.00. The molecule has 0 saturated carbocycles. The van der Waals surface area contributed by atoms with E-state index in [1.54, 1.807) is 13.4 Å². The van der Waals surface area contributed by atoms with Crippen LogP contribution in [0, 0.1) is 6.92 Å². The van der Waals surface area contributed by atoms with Crippen LogP contribution >= 0.6 is 0 Å². The van der Waals surface area contributed by atoms with E-state index in [9.17, 15) is 0 Å². The fourth-order valence-corrected chi connectivity index (χ4v) is 1.06. The highest BCUT2D eigenvalue weighted by molar-refractivity contribution is 5.15. The van der Waals surface area contributed by atoms with Gasteiger partial charge in [0, 0.05) is 12.8 Å². The molecule has 3 nitrogen and oxygen atoms in total. The van der Waals surface area contributed by atoms with E-state index < -0.39 is 0 Å². The maximum absolute atomic E-state index is 5.28. The van der Waals surface area contributed by atoms with Gasteiger partial charge in [-0.05, 0) is 20.8 Å². The molecule has 11 heavy (non-hydrogen) atoms. The molecule has 0 amide bonds. The molecule has 1 rings (SSSR count). The molecule has 1 aromatic heterocycles. The minimum Gasteiger partial charge on any atom is -0.372 e. The molecule has 0 aromatic carbocycles. The lowest BCUT2D eigenvalue weighted by Gasteiger charge is -2.21. The Hall–Kier alpha value is -0.830. The van der Waals surface area contributed by atoms with Gasteiger partial charge in [0.05, 0.1) is 12.0 Å². The first kappa shape index (κ1) is 8.27. The monoisotopic (exact) mass is 154 g/mol. The Morgan fingerprint density at radius 1 is 1.55 bits per heavy atom. The number of hydrogen-bond donors (Lipinski definition) is 1. The maximum atomic E-state index is 5.28. The lowest BCUT2D eigenvalue weighted by atomic mass is 10.0. The first-order valence-corrected chi connectivity index (χ1v) is 3.63. The minimum atomic E-state index is -0.288. The van der Waals surface area contributed by atoms with Crippen LogP contribution in [-0.2, 0) is 10.3 Å². The minimum absolute atomic E-state index is 0.288. The number of aromatic nitrogens is 2. The topological polar surface area (TPSA) is 37.9 Å². The van der Waals surface area contributed by atoms with Crippen LogP contribution in [0.15, 0.2) is 6.33 Å². The van der Waals surface area contributed by atoms with Crippen LogP contribution in [0.5, 0.6) is 0 Å². The van der Waals surface area contributed by atoms with E-state index in [2.05, 4.69) is 9.97 Å². The van der Waals surface area contributed by atoms with Crippen LogP contribution in [0.25, 0.3) is 0 Å². The normalized spacial score (nSPS) is 12.0. The van der Waals surface area contributed by atoms with Crippen molar-refractivity contribution < 1.29 is 4.74 Å². The van der Waals surface area contributed by atoms with Crippen molar-refractivity contribution >= 4 is 0 Å². The van der Waals surface area contributed by atoms with Crippen LogP contribution in [0.1, 0.15) is 25.2 Å². The summed E-state index contributed by atoms with van der Waals surface area (Å²) in [5, 5.41) is 0. The fraction of sp³-hybridized carbons (Fsp3) is 0.625. The number of H-pyrrole nitrogens is 1. The highest BCUT2D eigenvalue weighted by Crippen LogP contribution is 2.23. The molecule has 3 heteroatoms. The van der Waals surface area contributed by atoms with Gasteiger partial charge in [-0.3, -0.25) is 0 Å². The van der Waals surface area contributed by atoms with Gasteiger partial charge in [-0.25, -0.2) is 4.98 Å². The zero-order chi connectivity index (χ0) is 8.48. The van der Waals surface area contributed by atoms with Crippen molar-refractivity contribution in [2.75, 3.05) is 7.11 Å². The van der Waals surface area contributed by atoms with Gasteiger partial charge < -0.3 is 9.72 Å². The Labute approximate surface area is 66.8 Å². The largest absolute Gasteiger partial charge is 0.372 e. The van der Waals surface area contributed by atoms with Gasteiger partial charge in [0.2, 0.25) is 0 Å². The van der Waals surface area contributed by atoms with Crippen LogP contribution in [0.4, 0.5) is 0 Å². The molecule has 1 heterocycles. The van der Waals surface area contributed by atoms with E-state index in [1.165, 1.54) is 0 Å². The highest BCUT2D eigenvalue weighted by atomic mass is 16.5. The van der Waals surface area contributed by atoms with Gasteiger partial charge in [-0.1, -0.05) is 0 Å². The van der Waals surface area contributed by atoms with Crippen LogP contribution in [-0.4, -0.2) is 17.1 Å². The number of hydrogen-bond acceptors (Lipinski definition) is 2. The molecule has 0 saturated heterocycles. The summed E-state index contributed by atoms with van der Waals surface area (Å²) in [6.07, 6.45) is 1.69. The molecule has 62 valence electrons. The van der Waals surface area contributed by atoms with Gasteiger partial charge in [0.15, 0.2) is 0 Å². The molecule has 0 aliphatic heterocycles. The van der Waals surface area contributed by atoms with Crippen molar-refractivity contribution in [3.05, 3.63) is 17.7 Å². The number of aryl methyl sites for hydroxylation is 1. The Balaban J connectivity index is 3.00. The third-order valence-corrected chi connectivity index (χ3v) is 1.91. The molecule has 0 unspecified atom stereocenters.